The highest BCUT2D eigenvalue weighted by atomic mass is 16.5. The maximum absolute atomic E-state index is 11.0. The normalized spacial score (nSPS) is 13.5. The Bertz CT molecular complexity index is 185. The molecule has 0 saturated heterocycles. The molecule has 1 unspecified atom stereocenters. The van der Waals surface area contributed by atoms with Crippen molar-refractivity contribution < 1.29 is 9.53 Å². The first kappa shape index (κ1) is 12.2. The first-order chi connectivity index (χ1) is 5.89. The minimum Gasteiger partial charge on any atom is -0.464 e. The van der Waals surface area contributed by atoms with Crippen LogP contribution in [0.25, 0.3) is 0 Å². The Morgan fingerprint density at radius 2 is 2.23 bits per heavy atom. The maximum atomic E-state index is 11.0. The molecule has 3 heteroatoms. The van der Waals surface area contributed by atoms with Crippen molar-refractivity contribution in [1.82, 2.24) is 0 Å². The van der Waals surface area contributed by atoms with E-state index in [0.717, 1.165) is 6.42 Å². The monoisotopic (exact) mass is 185 g/mol. The van der Waals surface area contributed by atoms with E-state index >= 15 is 0 Å². The highest BCUT2D eigenvalue weighted by Gasteiger charge is 2.19. The first-order valence-corrected chi connectivity index (χ1v) is 4.42. The topological polar surface area (TPSA) is 52.3 Å². The van der Waals surface area contributed by atoms with Crippen LogP contribution in [0.4, 0.5) is 0 Å². The van der Waals surface area contributed by atoms with Gasteiger partial charge in [-0.1, -0.05) is 19.9 Å². The molecule has 3 nitrogen and oxygen atoms in total. The molecule has 0 fully saturated rings. The van der Waals surface area contributed by atoms with Crippen LogP contribution < -0.4 is 5.73 Å². The van der Waals surface area contributed by atoms with Crippen LogP contribution in [-0.4, -0.2) is 18.6 Å². The molecule has 0 radical (unpaired) electrons. The fourth-order valence-corrected chi connectivity index (χ4v) is 0.848. The van der Waals surface area contributed by atoms with Gasteiger partial charge in [0.25, 0.3) is 0 Å². The van der Waals surface area contributed by atoms with Gasteiger partial charge in [-0.05, 0) is 13.3 Å². The summed E-state index contributed by atoms with van der Waals surface area (Å²) in [6.45, 7) is 9.68. The minimum absolute atomic E-state index is 0.0493. The van der Waals surface area contributed by atoms with Crippen molar-refractivity contribution in [2.75, 3.05) is 6.61 Å². The third kappa shape index (κ3) is 5.42. The van der Waals surface area contributed by atoms with E-state index in [4.69, 9.17) is 10.5 Å². The molecule has 13 heavy (non-hydrogen) atoms. The van der Waals surface area contributed by atoms with E-state index in [1.165, 1.54) is 0 Å². The van der Waals surface area contributed by atoms with Crippen LogP contribution in [0.5, 0.6) is 0 Å². The Balaban J connectivity index is 3.87. The van der Waals surface area contributed by atoms with Gasteiger partial charge in [0.1, 0.15) is 6.04 Å². The number of allylic oxidation sites excluding steroid dienone is 1. The summed E-state index contributed by atoms with van der Waals surface area (Å²) in [4.78, 5) is 11.0. The standard InChI is InChI=1S/C10H19NO2/c1-5-6-10(3,4)7-13-9(12)8(2)11/h5,8H,1,6-7,11H2,2-4H3. The molecule has 0 aromatic rings. The number of nitrogens with two attached hydrogens (primary N) is 1. The van der Waals surface area contributed by atoms with Gasteiger partial charge in [0.15, 0.2) is 0 Å². The van der Waals surface area contributed by atoms with Crippen molar-refractivity contribution in [1.29, 1.82) is 0 Å². The second kappa shape index (κ2) is 5.02. The molecule has 2 N–H and O–H groups in total. The van der Waals surface area contributed by atoms with Crippen LogP contribution in [0, 0.1) is 5.41 Å². The number of carbonyl (C=O) groups is 1. The third-order valence-corrected chi connectivity index (χ3v) is 1.67. The molecule has 0 rings (SSSR count). The molecule has 0 spiro atoms. The number of hydrogen-bond donors (Lipinski definition) is 1. The zero-order valence-electron chi connectivity index (χ0n) is 8.67. The Kier molecular flexibility index (Phi) is 4.70. The summed E-state index contributed by atoms with van der Waals surface area (Å²) >= 11 is 0. The van der Waals surface area contributed by atoms with E-state index in [1.54, 1.807) is 6.92 Å². The van der Waals surface area contributed by atoms with Crippen LogP contribution in [0.15, 0.2) is 12.7 Å². The average Bonchev–Trinajstić information content (AvgIpc) is 2.00. The van der Waals surface area contributed by atoms with Crippen molar-refractivity contribution in [3.05, 3.63) is 12.7 Å². The summed E-state index contributed by atoms with van der Waals surface area (Å²) in [5, 5.41) is 0. The quantitative estimate of drug-likeness (QED) is 0.521. The number of carbonyl (C=O) groups excluding carboxylic acids is 1. The van der Waals surface area contributed by atoms with Gasteiger partial charge in [0, 0.05) is 5.41 Å². The minimum atomic E-state index is -0.542. The van der Waals surface area contributed by atoms with Crippen molar-refractivity contribution in [3.8, 4) is 0 Å². The number of hydrogen-bond acceptors (Lipinski definition) is 3. The number of ether oxygens (including phenoxy) is 1. The van der Waals surface area contributed by atoms with Gasteiger partial charge in [-0.2, -0.15) is 0 Å². The zero-order chi connectivity index (χ0) is 10.5. The van der Waals surface area contributed by atoms with E-state index in [2.05, 4.69) is 6.58 Å². The van der Waals surface area contributed by atoms with Gasteiger partial charge in [0.05, 0.1) is 6.61 Å². The predicted molar refractivity (Wildman–Crippen MR) is 53.2 cm³/mol. The highest BCUT2D eigenvalue weighted by molar-refractivity contribution is 5.74. The molecule has 0 saturated carbocycles. The molecule has 76 valence electrons. The van der Waals surface area contributed by atoms with Crippen molar-refractivity contribution in [2.45, 2.75) is 33.2 Å². The summed E-state index contributed by atoms with van der Waals surface area (Å²) in [5.41, 5.74) is 5.30. The van der Waals surface area contributed by atoms with Crippen LogP contribution in [0.3, 0.4) is 0 Å². The summed E-state index contributed by atoms with van der Waals surface area (Å²) in [6.07, 6.45) is 2.64. The Hall–Kier alpha value is -0.830. The van der Waals surface area contributed by atoms with Crippen LogP contribution in [-0.2, 0) is 9.53 Å². The lowest BCUT2D eigenvalue weighted by Crippen LogP contribution is -2.32. The fourth-order valence-electron chi connectivity index (χ4n) is 0.848. The predicted octanol–water partition coefficient (Wildman–Crippen LogP) is 1.48. The summed E-state index contributed by atoms with van der Waals surface area (Å²) in [6, 6.07) is -0.542. The van der Waals surface area contributed by atoms with Crippen molar-refractivity contribution >= 4 is 5.97 Å². The summed E-state index contributed by atoms with van der Waals surface area (Å²) in [5.74, 6) is -0.350. The lowest BCUT2D eigenvalue weighted by Gasteiger charge is -2.22. The van der Waals surface area contributed by atoms with Gasteiger partial charge < -0.3 is 10.5 Å². The molecule has 0 amide bonds. The number of esters is 1. The van der Waals surface area contributed by atoms with E-state index in [1.807, 2.05) is 19.9 Å². The smallest absolute Gasteiger partial charge is 0.322 e. The lowest BCUT2D eigenvalue weighted by atomic mass is 9.91. The van der Waals surface area contributed by atoms with Crippen LogP contribution in [0.1, 0.15) is 27.2 Å². The van der Waals surface area contributed by atoms with Crippen molar-refractivity contribution in [3.63, 3.8) is 0 Å². The summed E-state index contributed by atoms with van der Waals surface area (Å²) in [7, 11) is 0. The van der Waals surface area contributed by atoms with Gasteiger partial charge in [-0.25, -0.2) is 0 Å². The van der Waals surface area contributed by atoms with Crippen LogP contribution >= 0.6 is 0 Å². The highest BCUT2D eigenvalue weighted by Crippen LogP contribution is 2.20. The maximum Gasteiger partial charge on any atom is 0.322 e. The molecule has 0 aromatic carbocycles. The van der Waals surface area contributed by atoms with E-state index in [-0.39, 0.29) is 11.4 Å². The third-order valence-electron chi connectivity index (χ3n) is 1.67. The molecule has 0 heterocycles. The molecule has 0 aromatic heterocycles. The molecular weight excluding hydrogens is 166 g/mol. The second-order valence-electron chi connectivity index (χ2n) is 4.05. The Labute approximate surface area is 79.9 Å². The Morgan fingerprint density at radius 1 is 1.69 bits per heavy atom. The molecule has 0 aliphatic carbocycles. The molecular formula is C10H19NO2. The molecule has 0 aliphatic heterocycles. The molecule has 0 aliphatic rings. The molecule has 1 atom stereocenters. The van der Waals surface area contributed by atoms with E-state index < -0.39 is 6.04 Å². The van der Waals surface area contributed by atoms with Gasteiger partial charge in [0.2, 0.25) is 0 Å². The fraction of sp³-hybridized carbons (Fsp3) is 0.700. The molecule has 0 bridgehead atoms. The summed E-state index contributed by atoms with van der Waals surface area (Å²) < 4.78 is 5.01. The van der Waals surface area contributed by atoms with E-state index in [0.29, 0.717) is 6.61 Å². The van der Waals surface area contributed by atoms with Crippen molar-refractivity contribution in [2.24, 2.45) is 11.1 Å². The first-order valence-electron chi connectivity index (χ1n) is 4.42. The lowest BCUT2D eigenvalue weighted by molar-refractivity contribution is -0.147. The van der Waals surface area contributed by atoms with E-state index in [9.17, 15) is 4.79 Å². The number of rotatable bonds is 5. The zero-order valence-corrected chi connectivity index (χ0v) is 8.67. The largest absolute Gasteiger partial charge is 0.464 e. The van der Waals surface area contributed by atoms with Gasteiger partial charge in [-0.3, -0.25) is 4.79 Å². The average molecular weight is 185 g/mol. The van der Waals surface area contributed by atoms with Crippen LogP contribution in [0.2, 0.25) is 0 Å². The SMILES string of the molecule is C=CCC(C)(C)COC(=O)C(C)N. The second-order valence-corrected chi connectivity index (χ2v) is 4.05. The Morgan fingerprint density at radius 3 is 2.62 bits per heavy atom. The van der Waals surface area contributed by atoms with Gasteiger partial charge >= 0.3 is 5.97 Å². The van der Waals surface area contributed by atoms with Gasteiger partial charge in [-0.15, -0.1) is 6.58 Å².